The van der Waals surface area contributed by atoms with Crippen LogP contribution in [0, 0.1) is 0 Å². The molecular weight excluding hydrogens is 250 g/mol. The number of hydrogen-bond acceptors (Lipinski definition) is 5. The van der Waals surface area contributed by atoms with E-state index in [1.165, 1.54) is 7.11 Å². The molecule has 0 bridgehead atoms. The van der Waals surface area contributed by atoms with Crippen LogP contribution in [-0.4, -0.2) is 30.7 Å². The summed E-state index contributed by atoms with van der Waals surface area (Å²) in [5.41, 5.74) is 6.70. The number of nitrogen functional groups attached to an aromatic ring is 1. The fourth-order valence-electron chi connectivity index (χ4n) is 1.36. The molecule has 0 unspecified atom stereocenters. The van der Waals surface area contributed by atoms with Crippen LogP contribution in [0.4, 0.5) is 5.69 Å². The van der Waals surface area contributed by atoms with E-state index in [0.29, 0.717) is 28.9 Å². The van der Waals surface area contributed by atoms with Crippen molar-refractivity contribution in [1.29, 1.82) is 0 Å². The minimum absolute atomic E-state index is 0.399. The summed E-state index contributed by atoms with van der Waals surface area (Å²) < 4.78 is 10.2. The van der Waals surface area contributed by atoms with Crippen LogP contribution < -0.4 is 10.5 Å². The predicted molar refractivity (Wildman–Crippen MR) is 75.3 cm³/mol. The van der Waals surface area contributed by atoms with E-state index in [2.05, 4.69) is 18.6 Å². The average Bonchev–Trinajstić information content (AvgIpc) is 2.34. The first-order valence-electron chi connectivity index (χ1n) is 5.77. The third kappa shape index (κ3) is 4.49. The summed E-state index contributed by atoms with van der Waals surface area (Å²) in [4.78, 5) is 11.3. The van der Waals surface area contributed by atoms with Gasteiger partial charge in [0.2, 0.25) is 0 Å². The average molecular weight is 269 g/mol. The molecular formula is C13H19NO3S. The highest BCUT2D eigenvalue weighted by Crippen LogP contribution is 2.23. The number of anilines is 1. The van der Waals surface area contributed by atoms with E-state index < -0.39 is 5.97 Å². The van der Waals surface area contributed by atoms with Crippen molar-refractivity contribution < 1.29 is 14.3 Å². The van der Waals surface area contributed by atoms with Crippen LogP contribution >= 0.6 is 11.8 Å². The van der Waals surface area contributed by atoms with Gasteiger partial charge in [-0.3, -0.25) is 0 Å². The van der Waals surface area contributed by atoms with Gasteiger partial charge in [0.05, 0.1) is 25.0 Å². The smallest absolute Gasteiger partial charge is 0.337 e. The van der Waals surface area contributed by atoms with Gasteiger partial charge in [-0.25, -0.2) is 4.79 Å². The van der Waals surface area contributed by atoms with Gasteiger partial charge in [0.15, 0.2) is 0 Å². The molecule has 5 heteroatoms. The number of carbonyl (C=O) groups is 1. The summed E-state index contributed by atoms with van der Waals surface area (Å²) in [5, 5.41) is 0.590. The van der Waals surface area contributed by atoms with Crippen LogP contribution in [0.15, 0.2) is 18.2 Å². The van der Waals surface area contributed by atoms with Gasteiger partial charge in [0.25, 0.3) is 0 Å². The quantitative estimate of drug-likeness (QED) is 0.488. The summed E-state index contributed by atoms with van der Waals surface area (Å²) in [5.74, 6) is 1.12. The Balaban J connectivity index is 2.55. The molecule has 0 heterocycles. The normalized spacial score (nSPS) is 10.4. The number of benzene rings is 1. The van der Waals surface area contributed by atoms with Crippen molar-refractivity contribution in [3.05, 3.63) is 23.8 Å². The molecule has 0 spiro atoms. The fourth-order valence-corrected chi connectivity index (χ4v) is 2.01. The summed E-state index contributed by atoms with van der Waals surface area (Å²) in [6, 6.07) is 4.91. The van der Waals surface area contributed by atoms with E-state index in [0.717, 1.165) is 5.75 Å². The van der Waals surface area contributed by atoms with E-state index in [1.807, 2.05) is 11.8 Å². The first-order chi connectivity index (χ1) is 8.54. The third-order valence-corrected chi connectivity index (χ3v) is 3.29. The molecule has 0 saturated carbocycles. The predicted octanol–water partition coefficient (Wildman–Crippen LogP) is 2.58. The zero-order valence-electron chi connectivity index (χ0n) is 10.9. The Kier molecular flexibility index (Phi) is 5.85. The molecule has 18 heavy (non-hydrogen) atoms. The van der Waals surface area contributed by atoms with Crippen molar-refractivity contribution in [2.75, 3.05) is 25.2 Å². The van der Waals surface area contributed by atoms with Crippen LogP contribution in [0.1, 0.15) is 24.2 Å². The number of methoxy groups -OCH3 is 1. The highest BCUT2D eigenvalue weighted by Gasteiger charge is 2.08. The fraction of sp³-hybridized carbons (Fsp3) is 0.462. The van der Waals surface area contributed by atoms with Crippen molar-refractivity contribution in [1.82, 2.24) is 0 Å². The van der Waals surface area contributed by atoms with E-state index >= 15 is 0 Å². The Hall–Kier alpha value is -1.36. The van der Waals surface area contributed by atoms with Crippen molar-refractivity contribution in [2.45, 2.75) is 19.1 Å². The van der Waals surface area contributed by atoms with Crippen molar-refractivity contribution >= 4 is 23.4 Å². The second kappa shape index (κ2) is 7.16. The Morgan fingerprint density at radius 3 is 2.72 bits per heavy atom. The monoisotopic (exact) mass is 269 g/mol. The summed E-state index contributed by atoms with van der Waals surface area (Å²) >= 11 is 1.83. The van der Waals surface area contributed by atoms with E-state index in [4.69, 9.17) is 10.5 Å². The maximum Gasteiger partial charge on any atom is 0.337 e. The maximum atomic E-state index is 11.3. The minimum atomic E-state index is -0.399. The summed E-state index contributed by atoms with van der Waals surface area (Å²) in [6.07, 6.45) is 0. The number of carbonyl (C=O) groups excluding carboxylic acids is 1. The molecule has 1 rings (SSSR count). The molecule has 0 aliphatic rings. The number of ether oxygens (including phenoxy) is 2. The Bertz CT molecular complexity index is 407. The van der Waals surface area contributed by atoms with Gasteiger partial charge in [-0.05, 0) is 23.4 Å². The highest BCUT2D eigenvalue weighted by molar-refractivity contribution is 7.99. The number of esters is 1. The SMILES string of the molecule is COC(=O)c1ccc(OCCSC(C)C)c(N)c1. The first-order valence-corrected chi connectivity index (χ1v) is 6.81. The van der Waals surface area contributed by atoms with Gasteiger partial charge in [-0.2, -0.15) is 11.8 Å². The van der Waals surface area contributed by atoms with Gasteiger partial charge in [-0.1, -0.05) is 13.8 Å². The molecule has 0 amide bonds. The summed E-state index contributed by atoms with van der Waals surface area (Å²) in [7, 11) is 1.34. The van der Waals surface area contributed by atoms with Gasteiger partial charge in [0.1, 0.15) is 5.75 Å². The van der Waals surface area contributed by atoms with Crippen molar-refractivity contribution in [3.8, 4) is 5.75 Å². The lowest BCUT2D eigenvalue weighted by molar-refractivity contribution is 0.0601. The lowest BCUT2D eigenvalue weighted by Gasteiger charge is -2.10. The van der Waals surface area contributed by atoms with Gasteiger partial charge in [0, 0.05) is 5.75 Å². The zero-order chi connectivity index (χ0) is 13.5. The zero-order valence-corrected chi connectivity index (χ0v) is 11.8. The summed E-state index contributed by atoms with van der Waals surface area (Å²) in [6.45, 7) is 4.89. The maximum absolute atomic E-state index is 11.3. The molecule has 0 aliphatic heterocycles. The first kappa shape index (κ1) is 14.7. The van der Waals surface area contributed by atoms with Crippen LogP contribution in [-0.2, 0) is 4.74 Å². The van der Waals surface area contributed by atoms with Gasteiger partial charge in [-0.15, -0.1) is 0 Å². The number of rotatable bonds is 6. The molecule has 0 fully saturated rings. The largest absolute Gasteiger partial charge is 0.491 e. The molecule has 1 aromatic rings. The van der Waals surface area contributed by atoms with E-state index in [-0.39, 0.29) is 0 Å². The lowest BCUT2D eigenvalue weighted by atomic mass is 10.2. The molecule has 1 aromatic carbocycles. The Morgan fingerprint density at radius 2 is 2.17 bits per heavy atom. The molecule has 0 radical (unpaired) electrons. The molecule has 0 aliphatic carbocycles. The van der Waals surface area contributed by atoms with E-state index in [9.17, 15) is 4.79 Å². The Labute approximate surface area is 112 Å². The third-order valence-electron chi connectivity index (χ3n) is 2.22. The lowest BCUT2D eigenvalue weighted by Crippen LogP contribution is -2.06. The molecule has 0 aromatic heterocycles. The van der Waals surface area contributed by atoms with Gasteiger partial charge < -0.3 is 15.2 Å². The van der Waals surface area contributed by atoms with Crippen LogP contribution in [0.3, 0.4) is 0 Å². The second-order valence-corrected chi connectivity index (χ2v) is 5.70. The minimum Gasteiger partial charge on any atom is -0.491 e. The van der Waals surface area contributed by atoms with E-state index in [1.54, 1.807) is 18.2 Å². The second-order valence-electron chi connectivity index (χ2n) is 4.01. The van der Waals surface area contributed by atoms with Gasteiger partial charge >= 0.3 is 5.97 Å². The highest BCUT2D eigenvalue weighted by atomic mass is 32.2. The van der Waals surface area contributed by atoms with Crippen molar-refractivity contribution in [2.24, 2.45) is 0 Å². The standard InChI is InChI=1S/C13H19NO3S/c1-9(2)18-7-6-17-12-5-4-10(8-11(12)14)13(15)16-3/h4-5,8-9H,6-7,14H2,1-3H3. The number of thioether (sulfide) groups is 1. The molecule has 2 N–H and O–H groups in total. The van der Waals surface area contributed by atoms with Crippen LogP contribution in [0.25, 0.3) is 0 Å². The Morgan fingerprint density at radius 1 is 1.44 bits per heavy atom. The molecule has 100 valence electrons. The van der Waals surface area contributed by atoms with Crippen LogP contribution in [0.5, 0.6) is 5.75 Å². The number of hydrogen-bond donors (Lipinski definition) is 1. The van der Waals surface area contributed by atoms with Crippen molar-refractivity contribution in [3.63, 3.8) is 0 Å². The molecule has 0 atom stereocenters. The van der Waals surface area contributed by atoms with Crippen LogP contribution in [0.2, 0.25) is 0 Å². The topological polar surface area (TPSA) is 61.5 Å². The molecule has 0 saturated heterocycles. The molecule has 4 nitrogen and oxygen atoms in total. The number of nitrogens with two attached hydrogens (primary N) is 1.